The van der Waals surface area contributed by atoms with Crippen molar-refractivity contribution in [3.63, 3.8) is 0 Å². The smallest absolute Gasteiger partial charge is 0.275 e. The van der Waals surface area contributed by atoms with E-state index in [2.05, 4.69) is 15.0 Å². The van der Waals surface area contributed by atoms with Crippen LogP contribution in [-0.4, -0.2) is 23.9 Å². The van der Waals surface area contributed by atoms with Gasteiger partial charge in [0.2, 0.25) is 15.9 Å². The Balaban J connectivity index is 0.00000361. The molecular formula is C25H26ClN5O4S. The highest BCUT2D eigenvalue weighted by atomic mass is 35.5. The van der Waals surface area contributed by atoms with Gasteiger partial charge in [-0.1, -0.05) is 42.5 Å². The van der Waals surface area contributed by atoms with Crippen LogP contribution >= 0.6 is 12.4 Å². The van der Waals surface area contributed by atoms with Gasteiger partial charge < -0.3 is 15.6 Å². The third-order valence-corrected chi connectivity index (χ3v) is 6.75. The van der Waals surface area contributed by atoms with Crippen molar-refractivity contribution in [2.24, 2.45) is 0 Å². The van der Waals surface area contributed by atoms with Gasteiger partial charge in [-0.3, -0.25) is 14.3 Å². The molecule has 4 rings (SSSR count). The Morgan fingerprint density at radius 3 is 2.53 bits per heavy atom. The lowest BCUT2D eigenvalue weighted by molar-refractivity contribution is -0.121. The number of hydrogen-bond donors (Lipinski definition) is 3. The number of nitrogens with two attached hydrogens (primary N) is 1. The molecule has 11 heteroatoms. The molecule has 0 saturated carbocycles. The van der Waals surface area contributed by atoms with Crippen molar-refractivity contribution in [3.05, 3.63) is 100 Å². The number of anilines is 2. The van der Waals surface area contributed by atoms with E-state index in [1.165, 1.54) is 10.6 Å². The number of carbonyl (C=O) groups excluding carboxylic acids is 1. The topological polar surface area (TPSA) is 136 Å². The molecule has 0 aliphatic rings. The zero-order valence-electron chi connectivity index (χ0n) is 19.5. The molecule has 0 radical (unpaired) electrons. The Kier molecular flexibility index (Phi) is 8.33. The van der Waals surface area contributed by atoms with Gasteiger partial charge in [-0.25, -0.2) is 13.4 Å². The van der Waals surface area contributed by atoms with Crippen LogP contribution in [0, 0.1) is 6.92 Å². The first-order valence-electron chi connectivity index (χ1n) is 10.9. The van der Waals surface area contributed by atoms with Crippen molar-refractivity contribution in [2.45, 2.75) is 25.8 Å². The van der Waals surface area contributed by atoms with E-state index in [-0.39, 0.29) is 42.8 Å². The molecule has 2 aromatic heterocycles. The van der Waals surface area contributed by atoms with Crippen LogP contribution in [0.4, 0.5) is 11.5 Å². The van der Waals surface area contributed by atoms with Crippen LogP contribution in [0.1, 0.15) is 16.8 Å². The van der Waals surface area contributed by atoms with Crippen molar-refractivity contribution >= 4 is 50.6 Å². The number of aryl methyl sites for hydroxylation is 1. The minimum Gasteiger partial charge on any atom is -0.383 e. The Labute approximate surface area is 214 Å². The second kappa shape index (κ2) is 11.2. The van der Waals surface area contributed by atoms with Gasteiger partial charge in [0.1, 0.15) is 18.1 Å². The molecule has 188 valence electrons. The number of nitrogen functional groups attached to an aromatic ring is 1. The number of rotatable bonds is 8. The molecule has 36 heavy (non-hydrogen) atoms. The first kappa shape index (κ1) is 26.7. The van der Waals surface area contributed by atoms with E-state index in [0.29, 0.717) is 17.1 Å². The molecule has 0 aliphatic heterocycles. The number of benzene rings is 2. The lowest BCUT2D eigenvalue weighted by Crippen LogP contribution is -2.34. The minimum absolute atomic E-state index is 0. The highest BCUT2D eigenvalue weighted by Gasteiger charge is 2.16. The number of halogens is 1. The summed E-state index contributed by atoms with van der Waals surface area (Å²) in [6.45, 7) is 1.69. The standard InChI is InChI=1S/C25H25N5O4S.ClH/c1-17-7-10-22(29-35(33,34)16-18-5-3-2-4-6-18)25(32)30(17)15-23(31)28-14-19-8-9-21-20(13-19)11-12-27-24(21)26;/h2-13,29H,14-16H2,1H3,(H2,26,27)(H,28,31);1H. The lowest BCUT2D eigenvalue weighted by atomic mass is 10.1. The Morgan fingerprint density at radius 1 is 1.03 bits per heavy atom. The molecule has 9 nitrogen and oxygen atoms in total. The maximum absolute atomic E-state index is 12.9. The molecule has 1 amide bonds. The van der Waals surface area contributed by atoms with Gasteiger partial charge in [0.15, 0.2) is 0 Å². The van der Waals surface area contributed by atoms with Crippen molar-refractivity contribution in [3.8, 4) is 0 Å². The van der Waals surface area contributed by atoms with E-state index < -0.39 is 15.6 Å². The van der Waals surface area contributed by atoms with Gasteiger partial charge in [0, 0.05) is 23.8 Å². The van der Waals surface area contributed by atoms with Gasteiger partial charge in [0.25, 0.3) is 5.56 Å². The number of nitrogens with one attached hydrogen (secondary N) is 2. The van der Waals surface area contributed by atoms with Gasteiger partial charge in [0.05, 0.1) is 5.75 Å². The fraction of sp³-hybridized carbons (Fsp3) is 0.160. The Hall–Kier alpha value is -3.89. The normalized spacial score (nSPS) is 11.0. The van der Waals surface area contributed by atoms with Gasteiger partial charge in [-0.05, 0) is 47.7 Å². The summed E-state index contributed by atoms with van der Waals surface area (Å²) in [5.74, 6) is -0.212. The minimum atomic E-state index is -3.81. The predicted molar refractivity (Wildman–Crippen MR) is 143 cm³/mol. The number of pyridine rings is 2. The van der Waals surface area contributed by atoms with E-state index >= 15 is 0 Å². The summed E-state index contributed by atoms with van der Waals surface area (Å²) in [6.07, 6.45) is 1.62. The zero-order valence-corrected chi connectivity index (χ0v) is 21.1. The van der Waals surface area contributed by atoms with Crippen molar-refractivity contribution in [2.75, 3.05) is 10.5 Å². The predicted octanol–water partition coefficient (Wildman–Crippen LogP) is 2.97. The molecule has 0 aliphatic carbocycles. The summed E-state index contributed by atoms with van der Waals surface area (Å²) < 4.78 is 28.7. The molecule has 0 saturated heterocycles. The van der Waals surface area contributed by atoms with E-state index in [4.69, 9.17) is 5.73 Å². The van der Waals surface area contributed by atoms with Gasteiger partial charge >= 0.3 is 0 Å². The summed E-state index contributed by atoms with van der Waals surface area (Å²) in [5.41, 5.74) is 7.17. The summed E-state index contributed by atoms with van der Waals surface area (Å²) >= 11 is 0. The second-order valence-electron chi connectivity index (χ2n) is 8.15. The number of fused-ring (bicyclic) bond motifs is 1. The second-order valence-corrected chi connectivity index (χ2v) is 9.88. The van der Waals surface area contributed by atoms with Crippen LogP contribution in [0.3, 0.4) is 0 Å². The van der Waals surface area contributed by atoms with E-state index in [0.717, 1.165) is 16.3 Å². The fourth-order valence-electron chi connectivity index (χ4n) is 3.70. The molecule has 0 spiro atoms. The van der Waals surface area contributed by atoms with E-state index in [9.17, 15) is 18.0 Å². The Bertz CT molecular complexity index is 1560. The van der Waals surface area contributed by atoms with Gasteiger partial charge in [-0.15, -0.1) is 12.4 Å². The van der Waals surface area contributed by atoms with Crippen LogP contribution in [0.25, 0.3) is 10.8 Å². The fourth-order valence-corrected chi connectivity index (χ4v) is 4.90. The molecule has 0 atom stereocenters. The number of hydrogen-bond acceptors (Lipinski definition) is 6. The molecule has 0 fully saturated rings. The van der Waals surface area contributed by atoms with Crippen LogP contribution in [0.5, 0.6) is 0 Å². The third kappa shape index (κ3) is 6.41. The Morgan fingerprint density at radius 2 is 1.78 bits per heavy atom. The number of amides is 1. The van der Waals surface area contributed by atoms with E-state index in [1.807, 2.05) is 24.3 Å². The molecule has 4 aromatic rings. The molecule has 0 unspecified atom stereocenters. The summed E-state index contributed by atoms with van der Waals surface area (Å²) in [6, 6.07) is 19.1. The van der Waals surface area contributed by atoms with E-state index in [1.54, 1.807) is 49.5 Å². The average Bonchev–Trinajstić information content (AvgIpc) is 2.82. The van der Waals surface area contributed by atoms with Gasteiger partial charge in [-0.2, -0.15) is 0 Å². The van der Waals surface area contributed by atoms with Crippen molar-refractivity contribution in [1.82, 2.24) is 14.9 Å². The lowest BCUT2D eigenvalue weighted by Gasteiger charge is -2.14. The first-order chi connectivity index (χ1) is 16.7. The number of nitrogens with zero attached hydrogens (tertiary/aromatic N) is 2. The van der Waals surface area contributed by atoms with Crippen LogP contribution in [-0.2, 0) is 33.7 Å². The first-order valence-corrected chi connectivity index (χ1v) is 12.5. The van der Waals surface area contributed by atoms with Crippen LogP contribution in [0.15, 0.2) is 77.7 Å². The third-order valence-electron chi connectivity index (χ3n) is 5.51. The molecular weight excluding hydrogens is 502 g/mol. The largest absolute Gasteiger partial charge is 0.383 e. The number of carbonyl (C=O) groups is 1. The van der Waals surface area contributed by atoms with Crippen molar-refractivity contribution < 1.29 is 13.2 Å². The number of sulfonamides is 1. The summed E-state index contributed by atoms with van der Waals surface area (Å²) in [5, 5.41) is 4.54. The molecule has 2 aromatic carbocycles. The summed E-state index contributed by atoms with van der Waals surface area (Å²) in [4.78, 5) is 29.6. The highest BCUT2D eigenvalue weighted by Crippen LogP contribution is 2.20. The molecule has 0 bridgehead atoms. The molecule has 2 heterocycles. The SMILES string of the molecule is Cc1ccc(NS(=O)(=O)Cc2ccccc2)c(=O)n1CC(=O)NCc1ccc2c(N)nccc2c1.Cl. The summed E-state index contributed by atoms with van der Waals surface area (Å²) in [7, 11) is -3.81. The number of aromatic nitrogens is 2. The van der Waals surface area contributed by atoms with Crippen LogP contribution < -0.4 is 21.3 Å². The quantitative estimate of drug-likeness (QED) is 0.322. The monoisotopic (exact) mass is 527 g/mol. The zero-order chi connectivity index (χ0) is 25.0. The average molecular weight is 528 g/mol. The van der Waals surface area contributed by atoms with Crippen LogP contribution in [0.2, 0.25) is 0 Å². The maximum Gasteiger partial charge on any atom is 0.275 e. The van der Waals surface area contributed by atoms with Crippen molar-refractivity contribution in [1.29, 1.82) is 0 Å². The highest BCUT2D eigenvalue weighted by molar-refractivity contribution is 7.91. The maximum atomic E-state index is 12.9. The molecule has 4 N–H and O–H groups in total.